The van der Waals surface area contributed by atoms with E-state index in [2.05, 4.69) is 64.8 Å². The zero-order valence-electron chi connectivity index (χ0n) is 29.4. The van der Waals surface area contributed by atoms with Crippen LogP contribution < -0.4 is 38.1 Å². The third kappa shape index (κ3) is 16.5. The summed E-state index contributed by atoms with van der Waals surface area (Å²) in [4.78, 5) is 28.6. The van der Waals surface area contributed by atoms with Gasteiger partial charge in [-0.25, -0.2) is 9.97 Å². The minimum Gasteiger partial charge on any atom is -0.451 e. The Labute approximate surface area is 325 Å². The van der Waals surface area contributed by atoms with Crippen LogP contribution in [0.15, 0.2) is 41.7 Å². The molecule has 0 atom stereocenters. The maximum Gasteiger partial charge on any atom is 0.446 e. The van der Waals surface area contributed by atoms with Crippen LogP contribution in [0, 0.1) is 13.8 Å². The van der Waals surface area contributed by atoms with E-state index in [-0.39, 0.29) is 33.2 Å². The molecule has 0 bridgehead atoms. The molecule has 2 aromatic heterocycles. The molecule has 10 N–H and O–H groups in total. The number of ether oxygens (including phenoxy) is 2. The number of aldehydes is 1. The molecule has 0 fully saturated rings. The summed E-state index contributed by atoms with van der Waals surface area (Å²) in [5.74, 6) is 3.20. The molecule has 0 saturated heterocycles. The second-order valence-corrected chi connectivity index (χ2v) is 13.3. The molecule has 20 heteroatoms. The molecule has 0 saturated carbocycles. The Kier molecular flexibility index (Phi) is 18.8. The lowest BCUT2D eigenvalue weighted by Gasteiger charge is -2.16. The summed E-state index contributed by atoms with van der Waals surface area (Å²) >= 11 is 18.4. The number of aromatic nitrogens is 4. The lowest BCUT2D eigenvalue weighted by Crippen LogP contribution is -2.07. The van der Waals surface area contributed by atoms with Gasteiger partial charge in [0.2, 0.25) is 18.2 Å². The van der Waals surface area contributed by atoms with Crippen molar-refractivity contribution >= 4 is 104 Å². The van der Waals surface area contributed by atoms with Crippen molar-refractivity contribution in [3.05, 3.63) is 58.9 Å². The molecule has 4 aromatic rings. The average Bonchev–Trinajstić information content (AvgIpc) is 3.05. The van der Waals surface area contributed by atoms with Crippen molar-refractivity contribution in [2.75, 3.05) is 28.7 Å². The summed E-state index contributed by atoms with van der Waals surface area (Å²) in [7, 11) is 0. The predicted molar refractivity (Wildman–Crippen MR) is 215 cm³/mol. The van der Waals surface area contributed by atoms with Gasteiger partial charge in [0.25, 0.3) is 0 Å². The predicted octanol–water partition coefficient (Wildman–Crippen LogP) is 8.51. The number of carbonyl (C=O) groups excluding carboxylic acids is 1. The zero-order valence-corrected chi connectivity index (χ0v) is 32.5. The van der Waals surface area contributed by atoms with Crippen molar-refractivity contribution < 1.29 is 27.4 Å². The molecule has 0 aliphatic rings. The Hall–Kier alpha value is -4.91. The lowest BCUT2D eigenvalue weighted by molar-refractivity contribution is -0.156. The summed E-state index contributed by atoms with van der Waals surface area (Å²) in [6.07, 6.45) is -1.22. The average molecular weight is 816 g/mol. The first kappa shape index (κ1) is 46.1. The molecule has 0 aliphatic carbocycles. The second kappa shape index (κ2) is 21.6. The van der Waals surface area contributed by atoms with Gasteiger partial charge < -0.3 is 38.1 Å². The second-order valence-electron chi connectivity index (χ2n) is 11.2. The van der Waals surface area contributed by atoms with Crippen molar-refractivity contribution in [3.63, 3.8) is 0 Å². The number of benzene rings is 2. The number of halogens is 5. The van der Waals surface area contributed by atoms with Gasteiger partial charge in [-0.15, -0.1) is 0 Å². The highest BCUT2D eigenvalue weighted by Gasteiger charge is 2.25. The molecule has 0 aliphatic heterocycles. The topological polar surface area (TPSA) is 230 Å². The molecule has 53 heavy (non-hydrogen) atoms. The number of hydrogen-bond acceptors (Lipinski definition) is 15. The molecule has 4 rings (SSSR count). The fourth-order valence-corrected chi connectivity index (χ4v) is 4.01. The van der Waals surface area contributed by atoms with Crippen molar-refractivity contribution in [3.8, 4) is 23.0 Å². The highest BCUT2D eigenvalue weighted by molar-refractivity contribution is 7.86. The standard InChI is InChI=1S/C16H19N5OS.C14H19N5O.C2HF3O.CCl2S/c1-9(2)11-6-10(3)12(19-4-5-23)7-13(11)22-14-8-20-16(18)21-15(14)17;1-7(2)9-4-8(3)10(15)5-11(9)20-12-6-18-14(17)19-13(12)16;3-2(4,5)1-6;2-1(3)4/h4-9H,1-3H3,(H4,17,18,20,21);4-7H,15H2,1-3H3,(H4,16,17,18,19);1H;. The van der Waals surface area contributed by atoms with Gasteiger partial charge in [-0.1, -0.05) is 81.4 Å². The van der Waals surface area contributed by atoms with Crippen LogP contribution in [0.4, 0.5) is 48.1 Å². The molecular weight excluding hydrogens is 776 g/mol. The number of rotatable bonds is 8. The summed E-state index contributed by atoms with van der Waals surface area (Å²) in [6.45, 7) is 12.3. The van der Waals surface area contributed by atoms with Crippen LogP contribution in [0.1, 0.15) is 61.8 Å². The first-order valence-corrected chi connectivity index (χ1v) is 16.8. The largest absolute Gasteiger partial charge is 0.451 e. The lowest BCUT2D eigenvalue weighted by atomic mass is 9.99. The number of aryl methyl sites for hydroxylation is 2. The maximum atomic E-state index is 10.4. The van der Waals surface area contributed by atoms with Crippen molar-refractivity contribution in [2.24, 2.45) is 4.99 Å². The number of carbonyl (C=O) groups is 1. The Balaban J connectivity index is 0.000000425. The van der Waals surface area contributed by atoms with Gasteiger partial charge >= 0.3 is 6.18 Å². The highest BCUT2D eigenvalue weighted by Crippen LogP contribution is 2.38. The number of nitrogens with two attached hydrogens (primary N) is 5. The van der Waals surface area contributed by atoms with Crippen molar-refractivity contribution in [1.29, 1.82) is 0 Å². The van der Waals surface area contributed by atoms with Gasteiger partial charge in [0, 0.05) is 29.4 Å². The summed E-state index contributed by atoms with van der Waals surface area (Å²) in [5, 5.41) is 1.46. The van der Waals surface area contributed by atoms with E-state index in [0.29, 0.717) is 34.6 Å². The van der Waals surface area contributed by atoms with Crippen LogP contribution in [0.2, 0.25) is 0 Å². The zero-order chi connectivity index (χ0) is 40.6. The first-order valence-electron chi connectivity index (χ1n) is 15.1. The van der Waals surface area contributed by atoms with Gasteiger partial charge in [-0.05, 0) is 54.0 Å². The number of aliphatic imine (C=N–C) groups is 1. The van der Waals surface area contributed by atoms with Gasteiger partial charge in [-0.3, -0.25) is 9.79 Å². The number of nitrogens with zero attached hydrogens (tertiary/aromatic N) is 5. The number of nitrogen functional groups attached to an aromatic ring is 5. The molecule has 0 unspecified atom stereocenters. The number of alkyl halides is 3. The summed E-state index contributed by atoms with van der Waals surface area (Å²) < 4.78 is 42.9. The molecule has 2 heterocycles. The SMILES string of the molecule is Cc1cc(C(C)C)c(Oc2cnc(N)nc2N)cc1N.Cc1cc(C(C)C)c(Oc2cnc(N)nc2N)cc1N=CC=S.O=CC(F)(F)F.S=C(Cl)Cl. The third-order valence-electron chi connectivity index (χ3n) is 6.42. The minimum atomic E-state index is -4.64. The number of thiocarbonyl (C=S) groups is 2. The molecule has 0 amide bonds. The Morgan fingerprint density at radius 3 is 1.55 bits per heavy atom. The number of anilines is 5. The molecule has 13 nitrogen and oxygen atoms in total. The van der Waals surface area contributed by atoms with Crippen LogP contribution >= 0.6 is 47.6 Å². The summed E-state index contributed by atoms with van der Waals surface area (Å²) in [5.41, 5.74) is 34.1. The van der Waals surface area contributed by atoms with Crippen molar-refractivity contribution in [2.45, 2.75) is 59.6 Å². The van der Waals surface area contributed by atoms with Gasteiger partial charge in [0.1, 0.15) is 11.5 Å². The molecule has 0 radical (unpaired) electrons. The Morgan fingerprint density at radius 1 is 0.792 bits per heavy atom. The Bertz CT molecular complexity index is 1910. The van der Waals surface area contributed by atoms with Gasteiger partial charge in [-0.2, -0.15) is 23.1 Å². The van der Waals surface area contributed by atoms with Gasteiger partial charge in [0.15, 0.2) is 26.9 Å². The molecule has 2 aromatic carbocycles. The van der Waals surface area contributed by atoms with E-state index in [1.54, 1.807) is 12.3 Å². The fraction of sp³-hybridized carbons (Fsp3) is 0.273. The maximum absolute atomic E-state index is 10.4. The molecular formula is C33H39Cl2F3N10O3S2. The van der Waals surface area contributed by atoms with E-state index in [9.17, 15) is 13.2 Å². The normalized spacial score (nSPS) is 10.7. The monoisotopic (exact) mass is 814 g/mol. The van der Waals surface area contributed by atoms with Crippen LogP contribution in [-0.4, -0.2) is 47.8 Å². The third-order valence-corrected chi connectivity index (χ3v) is 6.54. The van der Waals surface area contributed by atoms with E-state index in [1.165, 1.54) is 17.8 Å². The highest BCUT2D eigenvalue weighted by atomic mass is 35.5. The smallest absolute Gasteiger partial charge is 0.446 e. The van der Waals surface area contributed by atoms with E-state index < -0.39 is 12.5 Å². The van der Waals surface area contributed by atoms with Gasteiger partial charge in [0.05, 0.1) is 18.1 Å². The van der Waals surface area contributed by atoms with Crippen LogP contribution in [-0.2, 0) is 4.79 Å². The van der Waals surface area contributed by atoms with Crippen LogP contribution in [0.5, 0.6) is 23.0 Å². The van der Waals surface area contributed by atoms with Crippen LogP contribution in [0.25, 0.3) is 0 Å². The van der Waals surface area contributed by atoms with E-state index in [0.717, 1.165) is 27.9 Å². The number of hydrogen-bond donors (Lipinski definition) is 5. The minimum absolute atomic E-state index is 0.0556. The van der Waals surface area contributed by atoms with E-state index >= 15 is 0 Å². The van der Waals surface area contributed by atoms with Crippen molar-refractivity contribution in [1.82, 2.24) is 19.9 Å². The first-order chi connectivity index (χ1) is 24.6. The quantitative estimate of drug-likeness (QED) is 0.0369. The Morgan fingerprint density at radius 2 is 1.19 bits per heavy atom. The van der Waals surface area contributed by atoms with E-state index in [1.807, 2.05) is 32.0 Å². The van der Waals surface area contributed by atoms with E-state index in [4.69, 9.17) is 78.4 Å². The fourth-order valence-electron chi connectivity index (χ4n) is 3.95. The molecule has 286 valence electrons. The van der Waals surface area contributed by atoms with Crippen LogP contribution in [0.3, 0.4) is 0 Å². The molecule has 0 spiro atoms. The summed E-state index contributed by atoms with van der Waals surface area (Å²) in [6, 6.07) is 7.71.